The van der Waals surface area contributed by atoms with E-state index >= 15 is 0 Å². The standard InChI is InChI=1S/C14H12F2N2O2/c1-8(11-4-3-10(15)7-13(11)16)17-18-14(19)12-5-6-20-9(12)2/h3-7H,1-2H3,(H,18,19)/b17-8+. The van der Waals surface area contributed by atoms with Crippen molar-refractivity contribution in [2.24, 2.45) is 5.10 Å². The van der Waals surface area contributed by atoms with Crippen LogP contribution in [-0.4, -0.2) is 11.6 Å². The highest BCUT2D eigenvalue weighted by atomic mass is 19.1. The van der Waals surface area contributed by atoms with Crippen LogP contribution in [0.15, 0.2) is 40.0 Å². The molecule has 1 amide bonds. The van der Waals surface area contributed by atoms with E-state index in [0.717, 1.165) is 12.1 Å². The number of hydrazone groups is 1. The Hall–Kier alpha value is -2.50. The van der Waals surface area contributed by atoms with Gasteiger partial charge in [-0.05, 0) is 32.0 Å². The Morgan fingerprint density at radius 3 is 2.60 bits per heavy atom. The van der Waals surface area contributed by atoms with Crippen LogP contribution in [0, 0.1) is 18.6 Å². The number of hydrogen-bond donors (Lipinski definition) is 1. The lowest BCUT2D eigenvalue weighted by atomic mass is 10.1. The van der Waals surface area contributed by atoms with Crippen LogP contribution in [0.25, 0.3) is 0 Å². The van der Waals surface area contributed by atoms with Gasteiger partial charge in [-0.25, -0.2) is 14.2 Å². The molecule has 0 radical (unpaired) electrons. The quantitative estimate of drug-likeness (QED) is 0.693. The molecule has 4 nitrogen and oxygen atoms in total. The number of amides is 1. The molecule has 2 rings (SSSR count). The molecule has 0 fully saturated rings. The first-order chi connectivity index (χ1) is 9.49. The monoisotopic (exact) mass is 278 g/mol. The zero-order valence-electron chi connectivity index (χ0n) is 10.9. The number of benzene rings is 1. The van der Waals surface area contributed by atoms with Crippen LogP contribution in [0.4, 0.5) is 8.78 Å². The average Bonchev–Trinajstić information content (AvgIpc) is 2.82. The Morgan fingerprint density at radius 2 is 2.00 bits per heavy atom. The summed E-state index contributed by atoms with van der Waals surface area (Å²) in [7, 11) is 0. The van der Waals surface area contributed by atoms with Crippen LogP contribution in [0.2, 0.25) is 0 Å². The molecular formula is C14H12F2N2O2. The maximum absolute atomic E-state index is 13.5. The van der Waals surface area contributed by atoms with Crippen molar-refractivity contribution in [1.82, 2.24) is 5.43 Å². The Kier molecular flexibility index (Phi) is 3.93. The van der Waals surface area contributed by atoms with Gasteiger partial charge in [0.1, 0.15) is 17.4 Å². The molecule has 0 saturated carbocycles. The van der Waals surface area contributed by atoms with Gasteiger partial charge in [-0.2, -0.15) is 5.10 Å². The van der Waals surface area contributed by atoms with E-state index in [2.05, 4.69) is 10.5 Å². The zero-order valence-corrected chi connectivity index (χ0v) is 10.9. The lowest BCUT2D eigenvalue weighted by Gasteiger charge is -2.04. The third-order valence-corrected chi connectivity index (χ3v) is 2.75. The minimum absolute atomic E-state index is 0.121. The molecule has 0 aliphatic rings. The van der Waals surface area contributed by atoms with Gasteiger partial charge in [0.25, 0.3) is 5.91 Å². The van der Waals surface area contributed by atoms with Gasteiger partial charge >= 0.3 is 0 Å². The fraction of sp³-hybridized carbons (Fsp3) is 0.143. The smallest absolute Gasteiger partial charge is 0.274 e. The van der Waals surface area contributed by atoms with Crippen molar-refractivity contribution in [3.05, 3.63) is 59.1 Å². The Balaban J connectivity index is 2.15. The van der Waals surface area contributed by atoms with E-state index in [-0.39, 0.29) is 11.3 Å². The van der Waals surface area contributed by atoms with Gasteiger partial charge in [0, 0.05) is 11.6 Å². The molecule has 0 unspecified atom stereocenters. The highest BCUT2D eigenvalue weighted by Crippen LogP contribution is 2.11. The summed E-state index contributed by atoms with van der Waals surface area (Å²) in [5.74, 6) is -1.40. The summed E-state index contributed by atoms with van der Waals surface area (Å²) in [4.78, 5) is 11.8. The van der Waals surface area contributed by atoms with Crippen molar-refractivity contribution in [1.29, 1.82) is 0 Å². The van der Waals surface area contributed by atoms with Crippen LogP contribution in [0.5, 0.6) is 0 Å². The number of carbonyl (C=O) groups is 1. The van der Waals surface area contributed by atoms with E-state index in [1.165, 1.54) is 25.3 Å². The van der Waals surface area contributed by atoms with Crippen LogP contribution in [0.1, 0.15) is 28.6 Å². The lowest BCUT2D eigenvalue weighted by molar-refractivity contribution is 0.0953. The Bertz CT molecular complexity index is 678. The normalized spacial score (nSPS) is 11.5. The molecule has 0 aliphatic heterocycles. The van der Waals surface area contributed by atoms with Gasteiger partial charge in [-0.1, -0.05) is 0 Å². The number of rotatable bonds is 3. The van der Waals surface area contributed by atoms with E-state index < -0.39 is 17.5 Å². The molecule has 1 N–H and O–H groups in total. The van der Waals surface area contributed by atoms with Gasteiger partial charge in [-0.3, -0.25) is 4.79 Å². The molecular weight excluding hydrogens is 266 g/mol. The first kappa shape index (κ1) is 13.9. The van der Waals surface area contributed by atoms with Crippen LogP contribution >= 0.6 is 0 Å². The van der Waals surface area contributed by atoms with Crippen molar-refractivity contribution in [2.75, 3.05) is 0 Å². The van der Waals surface area contributed by atoms with Gasteiger partial charge in [0.15, 0.2) is 0 Å². The third kappa shape index (κ3) is 2.90. The second-order valence-corrected chi connectivity index (χ2v) is 4.15. The van der Waals surface area contributed by atoms with E-state index in [0.29, 0.717) is 11.3 Å². The molecule has 0 aliphatic carbocycles. The second kappa shape index (κ2) is 5.64. The number of carbonyl (C=O) groups excluding carboxylic acids is 1. The topological polar surface area (TPSA) is 54.6 Å². The predicted octanol–water partition coefficient (Wildman–Crippen LogP) is 3.02. The molecule has 0 spiro atoms. The van der Waals surface area contributed by atoms with Gasteiger partial charge < -0.3 is 4.42 Å². The molecule has 20 heavy (non-hydrogen) atoms. The molecule has 2 aromatic rings. The number of halogens is 2. The summed E-state index contributed by atoms with van der Waals surface area (Å²) in [6.07, 6.45) is 1.39. The summed E-state index contributed by atoms with van der Waals surface area (Å²) in [5, 5.41) is 3.79. The summed E-state index contributed by atoms with van der Waals surface area (Å²) < 4.78 is 31.3. The van der Waals surface area contributed by atoms with Crippen molar-refractivity contribution in [3.8, 4) is 0 Å². The minimum atomic E-state index is -0.736. The lowest BCUT2D eigenvalue weighted by Crippen LogP contribution is -2.19. The second-order valence-electron chi connectivity index (χ2n) is 4.15. The van der Waals surface area contributed by atoms with E-state index in [1.807, 2.05) is 0 Å². The van der Waals surface area contributed by atoms with Gasteiger partial charge in [-0.15, -0.1) is 0 Å². The number of furan rings is 1. The summed E-state index contributed by atoms with van der Waals surface area (Å²) in [6, 6.07) is 4.66. The maximum atomic E-state index is 13.5. The Morgan fingerprint density at radius 1 is 1.25 bits per heavy atom. The fourth-order valence-corrected chi connectivity index (χ4v) is 1.66. The van der Waals surface area contributed by atoms with Crippen molar-refractivity contribution >= 4 is 11.6 Å². The summed E-state index contributed by atoms with van der Waals surface area (Å²) in [5.41, 5.74) is 3.00. The highest BCUT2D eigenvalue weighted by molar-refractivity contribution is 6.01. The fourth-order valence-electron chi connectivity index (χ4n) is 1.66. The van der Waals surface area contributed by atoms with Crippen molar-refractivity contribution in [2.45, 2.75) is 13.8 Å². The van der Waals surface area contributed by atoms with Crippen LogP contribution in [0.3, 0.4) is 0 Å². The van der Waals surface area contributed by atoms with Gasteiger partial charge in [0.05, 0.1) is 17.5 Å². The maximum Gasteiger partial charge on any atom is 0.274 e. The van der Waals surface area contributed by atoms with Crippen LogP contribution in [-0.2, 0) is 0 Å². The first-order valence-corrected chi connectivity index (χ1v) is 5.83. The SMILES string of the molecule is C/C(=N\NC(=O)c1ccoc1C)c1ccc(F)cc1F. The van der Waals surface area contributed by atoms with Crippen LogP contribution < -0.4 is 5.43 Å². The van der Waals surface area contributed by atoms with E-state index in [1.54, 1.807) is 6.92 Å². The molecule has 0 bridgehead atoms. The van der Waals surface area contributed by atoms with Crippen molar-refractivity contribution in [3.63, 3.8) is 0 Å². The minimum Gasteiger partial charge on any atom is -0.469 e. The Labute approximate surface area is 114 Å². The molecule has 0 atom stereocenters. The van der Waals surface area contributed by atoms with Gasteiger partial charge in [0.2, 0.25) is 0 Å². The summed E-state index contributed by atoms with van der Waals surface area (Å²) >= 11 is 0. The number of nitrogens with zero attached hydrogens (tertiary/aromatic N) is 1. The molecule has 6 heteroatoms. The molecule has 1 aromatic carbocycles. The summed E-state index contributed by atoms with van der Waals surface area (Å²) in [6.45, 7) is 3.16. The third-order valence-electron chi connectivity index (χ3n) is 2.75. The molecule has 1 aromatic heterocycles. The number of nitrogens with one attached hydrogen (secondary N) is 1. The van der Waals surface area contributed by atoms with E-state index in [4.69, 9.17) is 4.42 Å². The largest absolute Gasteiger partial charge is 0.469 e. The average molecular weight is 278 g/mol. The molecule has 0 saturated heterocycles. The number of aryl methyl sites for hydroxylation is 1. The first-order valence-electron chi connectivity index (χ1n) is 5.83. The highest BCUT2D eigenvalue weighted by Gasteiger charge is 2.11. The van der Waals surface area contributed by atoms with E-state index in [9.17, 15) is 13.6 Å². The molecule has 104 valence electrons. The van der Waals surface area contributed by atoms with Crippen molar-refractivity contribution < 1.29 is 18.0 Å². The number of hydrogen-bond acceptors (Lipinski definition) is 3. The molecule has 1 heterocycles. The zero-order chi connectivity index (χ0) is 14.7. The predicted molar refractivity (Wildman–Crippen MR) is 69.5 cm³/mol.